The minimum Gasteiger partial charge on any atom is -0.355 e. The lowest BCUT2D eigenvalue weighted by molar-refractivity contribution is 0.0928. The molecule has 1 atom stereocenters. The molecule has 0 aliphatic carbocycles. The number of hydrogen-bond acceptors (Lipinski definition) is 4. The van der Waals surface area contributed by atoms with Gasteiger partial charge >= 0.3 is 0 Å². The highest BCUT2D eigenvalue weighted by atomic mass is 19.1. The summed E-state index contributed by atoms with van der Waals surface area (Å²) < 4.78 is 14.7. The van der Waals surface area contributed by atoms with Crippen LogP contribution in [0.2, 0.25) is 0 Å². The van der Waals surface area contributed by atoms with Crippen molar-refractivity contribution in [1.82, 2.24) is 20.1 Å². The SMILES string of the molecule is Cn1nccc1N1CCCC(NC(=O)c2ccc(F)cn2)C1. The molecule has 0 saturated carbocycles. The van der Waals surface area contributed by atoms with Crippen LogP contribution in [0.5, 0.6) is 0 Å². The Morgan fingerprint density at radius 3 is 2.95 bits per heavy atom. The Morgan fingerprint density at radius 1 is 1.41 bits per heavy atom. The fraction of sp³-hybridized carbons (Fsp3) is 0.400. The number of piperidine rings is 1. The Morgan fingerprint density at radius 2 is 2.27 bits per heavy atom. The number of aromatic nitrogens is 3. The van der Waals surface area contributed by atoms with Gasteiger partial charge in [0.15, 0.2) is 0 Å². The van der Waals surface area contributed by atoms with Crippen LogP contribution in [0.4, 0.5) is 10.2 Å². The molecule has 116 valence electrons. The number of amides is 1. The summed E-state index contributed by atoms with van der Waals surface area (Å²) in [6.45, 7) is 1.67. The van der Waals surface area contributed by atoms with E-state index in [9.17, 15) is 9.18 Å². The van der Waals surface area contributed by atoms with Gasteiger partial charge in [-0.15, -0.1) is 0 Å². The van der Waals surface area contributed by atoms with Gasteiger partial charge in [-0.3, -0.25) is 9.48 Å². The highest BCUT2D eigenvalue weighted by Gasteiger charge is 2.23. The van der Waals surface area contributed by atoms with Gasteiger partial charge in [-0.25, -0.2) is 9.37 Å². The first-order valence-corrected chi connectivity index (χ1v) is 7.29. The van der Waals surface area contributed by atoms with Gasteiger partial charge in [0.25, 0.3) is 5.91 Å². The van der Waals surface area contributed by atoms with Crippen molar-refractivity contribution in [3.05, 3.63) is 42.1 Å². The number of nitrogens with zero attached hydrogens (tertiary/aromatic N) is 4. The second kappa shape index (κ2) is 6.13. The van der Waals surface area contributed by atoms with E-state index in [0.29, 0.717) is 0 Å². The lowest BCUT2D eigenvalue weighted by Crippen LogP contribution is -2.48. The molecule has 1 N–H and O–H groups in total. The van der Waals surface area contributed by atoms with Crippen LogP contribution < -0.4 is 10.2 Å². The fourth-order valence-electron chi connectivity index (χ4n) is 2.75. The Kier molecular flexibility index (Phi) is 4.04. The van der Waals surface area contributed by atoms with E-state index in [4.69, 9.17) is 0 Å². The maximum absolute atomic E-state index is 12.8. The van der Waals surface area contributed by atoms with Crippen molar-refractivity contribution in [3.8, 4) is 0 Å². The fourth-order valence-corrected chi connectivity index (χ4v) is 2.75. The number of hydrogen-bond donors (Lipinski definition) is 1. The smallest absolute Gasteiger partial charge is 0.270 e. The van der Waals surface area contributed by atoms with Gasteiger partial charge in [0.1, 0.15) is 17.3 Å². The van der Waals surface area contributed by atoms with Gasteiger partial charge < -0.3 is 10.2 Å². The number of aryl methyl sites for hydroxylation is 1. The quantitative estimate of drug-likeness (QED) is 0.930. The van der Waals surface area contributed by atoms with Crippen LogP contribution in [-0.4, -0.2) is 39.8 Å². The molecule has 7 heteroatoms. The number of nitrogens with one attached hydrogen (secondary N) is 1. The third-order valence-electron chi connectivity index (χ3n) is 3.84. The molecule has 2 aromatic rings. The summed E-state index contributed by atoms with van der Waals surface area (Å²) in [6, 6.07) is 4.64. The van der Waals surface area contributed by atoms with Crippen LogP contribution in [-0.2, 0) is 7.05 Å². The number of pyridine rings is 1. The molecule has 0 aromatic carbocycles. The molecule has 3 rings (SSSR count). The molecule has 1 fully saturated rings. The Hall–Kier alpha value is -2.44. The van der Waals surface area contributed by atoms with Crippen molar-refractivity contribution in [1.29, 1.82) is 0 Å². The number of carbonyl (C=O) groups is 1. The Balaban J connectivity index is 1.64. The maximum atomic E-state index is 12.8. The maximum Gasteiger partial charge on any atom is 0.270 e. The van der Waals surface area contributed by atoms with Crippen LogP contribution in [0.25, 0.3) is 0 Å². The van der Waals surface area contributed by atoms with E-state index >= 15 is 0 Å². The van der Waals surface area contributed by atoms with Crippen molar-refractivity contribution < 1.29 is 9.18 Å². The topological polar surface area (TPSA) is 63.1 Å². The number of carbonyl (C=O) groups excluding carboxylic acids is 1. The van der Waals surface area contributed by atoms with Crippen LogP contribution in [0.3, 0.4) is 0 Å². The summed E-state index contributed by atoms with van der Waals surface area (Å²) in [5.41, 5.74) is 0.235. The van der Waals surface area contributed by atoms with Crippen molar-refractivity contribution in [2.45, 2.75) is 18.9 Å². The van der Waals surface area contributed by atoms with Gasteiger partial charge in [-0.2, -0.15) is 5.10 Å². The van der Waals surface area contributed by atoms with Crippen LogP contribution in [0.15, 0.2) is 30.6 Å². The van der Waals surface area contributed by atoms with E-state index in [0.717, 1.165) is 37.9 Å². The molecule has 2 aromatic heterocycles. The summed E-state index contributed by atoms with van der Waals surface area (Å²) in [4.78, 5) is 18.2. The molecular formula is C15H18FN5O. The molecule has 1 saturated heterocycles. The first-order chi connectivity index (χ1) is 10.6. The number of anilines is 1. The van der Waals surface area contributed by atoms with E-state index < -0.39 is 5.82 Å². The number of halogens is 1. The van der Waals surface area contributed by atoms with E-state index in [1.54, 1.807) is 6.20 Å². The molecule has 0 radical (unpaired) electrons. The molecule has 1 unspecified atom stereocenters. The van der Waals surface area contributed by atoms with Crippen LogP contribution in [0, 0.1) is 5.82 Å². The van der Waals surface area contributed by atoms with Crippen molar-refractivity contribution in [2.24, 2.45) is 7.05 Å². The lowest BCUT2D eigenvalue weighted by Gasteiger charge is -2.34. The lowest BCUT2D eigenvalue weighted by atomic mass is 10.1. The summed E-state index contributed by atoms with van der Waals surface area (Å²) in [5, 5.41) is 7.15. The molecule has 1 amide bonds. The first kappa shape index (κ1) is 14.5. The molecule has 6 nitrogen and oxygen atoms in total. The van der Waals surface area contributed by atoms with E-state index in [-0.39, 0.29) is 17.6 Å². The summed E-state index contributed by atoms with van der Waals surface area (Å²) >= 11 is 0. The van der Waals surface area contributed by atoms with E-state index in [1.807, 2.05) is 17.8 Å². The molecular weight excluding hydrogens is 285 g/mol. The van der Waals surface area contributed by atoms with Gasteiger partial charge in [0.05, 0.1) is 12.4 Å². The van der Waals surface area contributed by atoms with Crippen LogP contribution in [0.1, 0.15) is 23.3 Å². The molecule has 1 aliphatic rings. The minimum absolute atomic E-state index is 0.0444. The third kappa shape index (κ3) is 3.08. The van der Waals surface area contributed by atoms with Crippen molar-refractivity contribution in [3.63, 3.8) is 0 Å². The average Bonchev–Trinajstić information content (AvgIpc) is 2.94. The molecule has 1 aliphatic heterocycles. The summed E-state index contributed by atoms with van der Waals surface area (Å²) in [5.74, 6) is 0.326. The average molecular weight is 303 g/mol. The van der Waals surface area contributed by atoms with Gasteiger partial charge in [-0.1, -0.05) is 0 Å². The zero-order valence-electron chi connectivity index (χ0n) is 12.4. The monoisotopic (exact) mass is 303 g/mol. The highest BCUT2D eigenvalue weighted by molar-refractivity contribution is 5.92. The van der Waals surface area contributed by atoms with Gasteiger partial charge in [-0.05, 0) is 25.0 Å². The van der Waals surface area contributed by atoms with Crippen molar-refractivity contribution >= 4 is 11.7 Å². The molecule has 0 bridgehead atoms. The third-order valence-corrected chi connectivity index (χ3v) is 3.84. The zero-order chi connectivity index (χ0) is 15.5. The van der Waals surface area contributed by atoms with Crippen LogP contribution >= 0.6 is 0 Å². The van der Waals surface area contributed by atoms with E-state index in [2.05, 4.69) is 20.3 Å². The highest BCUT2D eigenvalue weighted by Crippen LogP contribution is 2.19. The van der Waals surface area contributed by atoms with Gasteiger partial charge in [0, 0.05) is 32.2 Å². The van der Waals surface area contributed by atoms with Crippen molar-refractivity contribution in [2.75, 3.05) is 18.0 Å². The number of rotatable bonds is 3. The van der Waals surface area contributed by atoms with E-state index in [1.165, 1.54) is 12.1 Å². The zero-order valence-corrected chi connectivity index (χ0v) is 12.4. The molecule has 0 spiro atoms. The standard InChI is InChI=1S/C15H18FN5O/c1-20-14(6-7-18-20)21-8-2-3-12(10-21)19-15(22)13-5-4-11(16)9-17-13/h4-7,9,12H,2-3,8,10H2,1H3,(H,19,22). The van der Waals surface area contributed by atoms with Gasteiger partial charge in [0.2, 0.25) is 0 Å². The normalized spacial score (nSPS) is 18.3. The summed E-state index contributed by atoms with van der Waals surface area (Å²) in [7, 11) is 1.90. The second-order valence-electron chi connectivity index (χ2n) is 5.43. The Labute approximate surface area is 128 Å². The first-order valence-electron chi connectivity index (χ1n) is 7.29. The second-order valence-corrected chi connectivity index (χ2v) is 5.43. The minimum atomic E-state index is -0.448. The molecule has 22 heavy (non-hydrogen) atoms. The summed E-state index contributed by atoms with van der Waals surface area (Å²) in [6.07, 6.45) is 4.73. The predicted molar refractivity (Wildman–Crippen MR) is 80.1 cm³/mol. The largest absolute Gasteiger partial charge is 0.355 e. The Bertz CT molecular complexity index is 654. The molecule has 3 heterocycles. The predicted octanol–water partition coefficient (Wildman–Crippen LogP) is 1.35.